The van der Waals surface area contributed by atoms with Crippen molar-refractivity contribution in [2.45, 2.75) is 45.2 Å². The molecule has 0 aromatic carbocycles. The van der Waals surface area contributed by atoms with E-state index in [-0.39, 0.29) is 37.5 Å². The highest BCUT2D eigenvalue weighted by atomic mass is 16.4. The second-order valence-corrected chi connectivity index (χ2v) is 5.03. The molecule has 0 spiro atoms. The number of amides is 2. The van der Waals surface area contributed by atoms with Crippen molar-refractivity contribution in [2.24, 2.45) is 0 Å². The lowest BCUT2D eigenvalue weighted by molar-refractivity contribution is -0.793. The molecule has 1 aliphatic rings. The van der Waals surface area contributed by atoms with Crippen LogP contribution in [0.4, 0.5) is 4.79 Å². The van der Waals surface area contributed by atoms with E-state index in [0.717, 1.165) is 0 Å². The third-order valence-corrected chi connectivity index (χ3v) is 3.68. The summed E-state index contributed by atoms with van der Waals surface area (Å²) in [5, 5.41) is 20.8. The summed E-state index contributed by atoms with van der Waals surface area (Å²) in [6.07, 6.45) is 0.161. The number of hydrogen-bond donors (Lipinski definition) is 3. The molecule has 0 saturated carbocycles. The molecule has 0 bridgehead atoms. The SMILES string of the molecule is CCCC(=O)[N+]1(C(=O)O)C[C@@H](NCC(=O)O)CC1C. The summed E-state index contributed by atoms with van der Waals surface area (Å²) < 4.78 is -0.592. The number of hydrogen-bond acceptors (Lipinski definition) is 4. The molecule has 1 heterocycles. The lowest BCUT2D eigenvalue weighted by Gasteiger charge is -2.29. The Morgan fingerprint density at radius 2 is 1.95 bits per heavy atom. The van der Waals surface area contributed by atoms with E-state index in [4.69, 9.17) is 5.11 Å². The van der Waals surface area contributed by atoms with Crippen molar-refractivity contribution in [3.63, 3.8) is 0 Å². The fraction of sp³-hybridized carbons (Fsp3) is 0.750. The molecule has 1 fully saturated rings. The van der Waals surface area contributed by atoms with Crippen LogP contribution in [0.15, 0.2) is 0 Å². The van der Waals surface area contributed by atoms with Gasteiger partial charge in [-0.25, -0.2) is 4.79 Å². The number of carbonyl (C=O) groups is 3. The van der Waals surface area contributed by atoms with Gasteiger partial charge in [0.2, 0.25) is 0 Å². The minimum Gasteiger partial charge on any atom is -0.480 e. The maximum atomic E-state index is 12.2. The maximum Gasteiger partial charge on any atom is 0.521 e. The Morgan fingerprint density at radius 3 is 2.42 bits per heavy atom. The van der Waals surface area contributed by atoms with Crippen LogP contribution in [0.5, 0.6) is 0 Å². The number of carboxylic acids is 1. The summed E-state index contributed by atoms with van der Waals surface area (Å²) in [5.74, 6) is -1.30. The Kier molecular flexibility index (Phi) is 5.02. The number of carboxylic acid groups (broad SMARTS) is 2. The summed E-state index contributed by atoms with van der Waals surface area (Å²) in [5.41, 5.74) is 0. The smallest absolute Gasteiger partial charge is 0.480 e. The van der Waals surface area contributed by atoms with E-state index in [0.29, 0.717) is 12.8 Å². The minimum absolute atomic E-state index is 0.114. The van der Waals surface area contributed by atoms with Crippen LogP contribution in [-0.2, 0) is 9.59 Å². The van der Waals surface area contributed by atoms with Gasteiger partial charge in [0, 0.05) is 6.42 Å². The first-order chi connectivity index (χ1) is 8.84. The summed E-state index contributed by atoms with van der Waals surface area (Å²) in [4.78, 5) is 34.2. The molecular formula is C12H21N2O5+. The molecule has 2 unspecified atom stereocenters. The average Bonchev–Trinajstić information content (AvgIpc) is 2.65. The lowest BCUT2D eigenvalue weighted by Crippen LogP contribution is -2.59. The third kappa shape index (κ3) is 3.10. The van der Waals surface area contributed by atoms with Crippen molar-refractivity contribution < 1.29 is 29.1 Å². The van der Waals surface area contributed by atoms with Gasteiger partial charge in [0.15, 0.2) is 0 Å². The van der Waals surface area contributed by atoms with Gasteiger partial charge < -0.3 is 10.2 Å². The number of nitrogens with one attached hydrogen (secondary N) is 1. The first-order valence-corrected chi connectivity index (χ1v) is 6.44. The first kappa shape index (κ1) is 15.6. The second-order valence-electron chi connectivity index (χ2n) is 5.03. The molecule has 7 heteroatoms. The van der Waals surface area contributed by atoms with Crippen LogP contribution in [0, 0.1) is 0 Å². The van der Waals surface area contributed by atoms with Gasteiger partial charge in [-0.15, -0.1) is 0 Å². The van der Waals surface area contributed by atoms with Crippen molar-refractivity contribution in [1.29, 1.82) is 0 Å². The molecule has 0 aromatic heterocycles. The molecule has 2 amide bonds. The highest BCUT2D eigenvalue weighted by molar-refractivity contribution is 5.80. The van der Waals surface area contributed by atoms with E-state index in [2.05, 4.69) is 5.32 Å². The van der Waals surface area contributed by atoms with Crippen LogP contribution in [0.3, 0.4) is 0 Å². The number of imide groups is 1. The summed E-state index contributed by atoms with van der Waals surface area (Å²) in [6.45, 7) is 3.45. The predicted octanol–water partition coefficient (Wildman–Crippen LogP) is 0.643. The number of rotatable bonds is 5. The molecule has 3 atom stereocenters. The van der Waals surface area contributed by atoms with Crippen LogP contribution in [0.25, 0.3) is 0 Å². The second kappa shape index (κ2) is 6.12. The number of carbonyl (C=O) groups excluding carboxylic acids is 1. The Bertz CT molecular complexity index is 384. The zero-order chi connectivity index (χ0) is 14.6. The first-order valence-electron chi connectivity index (χ1n) is 6.44. The normalized spacial score (nSPS) is 30.2. The van der Waals surface area contributed by atoms with Gasteiger partial charge in [0.25, 0.3) is 0 Å². The Labute approximate surface area is 111 Å². The number of nitrogens with zero attached hydrogens (tertiary/aromatic N) is 1. The molecule has 0 aliphatic carbocycles. The van der Waals surface area contributed by atoms with Gasteiger partial charge >= 0.3 is 18.0 Å². The topological polar surface area (TPSA) is 104 Å². The van der Waals surface area contributed by atoms with Crippen molar-refractivity contribution >= 4 is 18.0 Å². The van der Waals surface area contributed by atoms with Crippen LogP contribution < -0.4 is 5.32 Å². The number of quaternary nitrogens is 1. The Morgan fingerprint density at radius 1 is 1.32 bits per heavy atom. The fourth-order valence-corrected chi connectivity index (χ4v) is 2.71. The van der Waals surface area contributed by atoms with Gasteiger partial charge in [0.05, 0.1) is 19.0 Å². The monoisotopic (exact) mass is 273 g/mol. The maximum absolute atomic E-state index is 12.2. The van der Waals surface area contributed by atoms with Gasteiger partial charge in [0.1, 0.15) is 12.6 Å². The van der Waals surface area contributed by atoms with E-state index in [9.17, 15) is 19.5 Å². The molecule has 108 valence electrons. The molecular weight excluding hydrogens is 252 g/mol. The molecule has 7 nitrogen and oxygen atoms in total. The third-order valence-electron chi connectivity index (χ3n) is 3.68. The quantitative estimate of drug-likeness (QED) is 0.635. The molecule has 1 rings (SSSR count). The van der Waals surface area contributed by atoms with Gasteiger partial charge in [-0.3, -0.25) is 10.1 Å². The van der Waals surface area contributed by atoms with E-state index in [1.807, 2.05) is 6.92 Å². The van der Waals surface area contributed by atoms with Gasteiger partial charge in [-0.1, -0.05) is 6.92 Å². The summed E-state index contributed by atoms with van der Waals surface area (Å²) in [6, 6.07) is -0.606. The molecule has 0 aromatic rings. The molecule has 3 N–H and O–H groups in total. The summed E-state index contributed by atoms with van der Waals surface area (Å²) >= 11 is 0. The fourth-order valence-electron chi connectivity index (χ4n) is 2.71. The zero-order valence-corrected chi connectivity index (χ0v) is 11.3. The average molecular weight is 273 g/mol. The zero-order valence-electron chi connectivity index (χ0n) is 11.3. The van der Waals surface area contributed by atoms with Crippen LogP contribution >= 0.6 is 0 Å². The highest BCUT2D eigenvalue weighted by Gasteiger charge is 2.55. The van der Waals surface area contributed by atoms with Crippen molar-refractivity contribution in [3.8, 4) is 0 Å². The molecule has 1 aliphatic heterocycles. The van der Waals surface area contributed by atoms with E-state index < -0.39 is 16.5 Å². The van der Waals surface area contributed by atoms with Crippen molar-refractivity contribution in [1.82, 2.24) is 5.32 Å². The summed E-state index contributed by atoms with van der Waals surface area (Å²) in [7, 11) is 0. The van der Waals surface area contributed by atoms with Gasteiger partial charge in [-0.2, -0.15) is 9.28 Å². The van der Waals surface area contributed by atoms with Crippen molar-refractivity contribution in [2.75, 3.05) is 13.1 Å². The van der Waals surface area contributed by atoms with Crippen LogP contribution in [0.1, 0.15) is 33.1 Å². The molecule has 1 saturated heterocycles. The highest BCUT2D eigenvalue weighted by Crippen LogP contribution is 2.29. The van der Waals surface area contributed by atoms with Crippen molar-refractivity contribution in [3.05, 3.63) is 0 Å². The predicted molar refractivity (Wildman–Crippen MR) is 66.6 cm³/mol. The Balaban J connectivity index is 2.85. The number of aliphatic carboxylic acids is 1. The Hall–Kier alpha value is -1.47. The standard InChI is InChI=1S/C12H20N2O5/c1-3-4-10(15)14(12(18)19)7-9(5-8(14)2)13-6-11(16)17/h8-9,13H,3-7H2,1-2H3,(H-,16,17,18,19)/p+1/t8?,9-,14?/m0/s1. The van der Waals surface area contributed by atoms with E-state index in [1.165, 1.54) is 0 Å². The number of likely N-dealkylation sites (tertiary alicyclic amines) is 1. The largest absolute Gasteiger partial charge is 0.521 e. The molecule has 19 heavy (non-hydrogen) atoms. The lowest BCUT2D eigenvalue weighted by atomic mass is 10.2. The van der Waals surface area contributed by atoms with Crippen LogP contribution in [-0.4, -0.2) is 57.8 Å². The minimum atomic E-state index is -1.15. The van der Waals surface area contributed by atoms with Crippen LogP contribution in [0.2, 0.25) is 0 Å². The van der Waals surface area contributed by atoms with E-state index >= 15 is 0 Å². The van der Waals surface area contributed by atoms with Gasteiger partial charge in [-0.05, 0) is 13.3 Å². The molecule has 0 radical (unpaired) electrons. The van der Waals surface area contributed by atoms with E-state index in [1.54, 1.807) is 6.92 Å².